The number of nitrogens with zero attached hydrogens (tertiary/aromatic N) is 1. The van der Waals surface area contributed by atoms with Crippen LogP contribution in [0.15, 0.2) is 30.3 Å². The van der Waals surface area contributed by atoms with Crippen LogP contribution in [-0.4, -0.2) is 29.4 Å². The van der Waals surface area contributed by atoms with E-state index in [9.17, 15) is 18.0 Å². The Morgan fingerprint density at radius 1 is 1.15 bits per heavy atom. The third-order valence-electron chi connectivity index (χ3n) is 2.71. The second-order valence-corrected chi connectivity index (χ2v) is 4.87. The monoisotopic (exact) mass is 307 g/mol. The van der Waals surface area contributed by atoms with Crippen molar-refractivity contribution in [1.29, 1.82) is 0 Å². The van der Waals surface area contributed by atoms with Crippen LogP contribution in [0.5, 0.6) is 0 Å². The van der Waals surface area contributed by atoms with Crippen molar-refractivity contribution in [3.63, 3.8) is 0 Å². The number of halogens is 4. The third kappa shape index (κ3) is 6.80. The zero-order valence-corrected chi connectivity index (χ0v) is 11.8. The van der Waals surface area contributed by atoms with E-state index in [1.807, 2.05) is 0 Å². The second kappa shape index (κ2) is 8.15. The van der Waals surface area contributed by atoms with E-state index >= 15 is 0 Å². The van der Waals surface area contributed by atoms with Crippen molar-refractivity contribution in [2.75, 3.05) is 12.4 Å². The van der Waals surface area contributed by atoms with E-state index in [0.717, 1.165) is 4.90 Å². The zero-order valence-electron chi connectivity index (χ0n) is 11.0. The molecule has 0 unspecified atom stereocenters. The first-order valence-electron chi connectivity index (χ1n) is 6.37. The molecule has 112 valence electrons. The number of benzene rings is 1. The number of unbranched alkanes of at least 4 members (excludes halogenated alkanes) is 1. The highest BCUT2D eigenvalue weighted by Gasteiger charge is 2.32. The number of carbonyl (C=O) groups is 1. The van der Waals surface area contributed by atoms with Gasteiger partial charge in [-0.05, 0) is 18.4 Å². The highest BCUT2D eigenvalue weighted by molar-refractivity contribution is 6.17. The molecule has 0 bridgehead atoms. The summed E-state index contributed by atoms with van der Waals surface area (Å²) in [6.07, 6.45) is -3.17. The Kier molecular flexibility index (Phi) is 6.85. The van der Waals surface area contributed by atoms with Gasteiger partial charge in [-0.1, -0.05) is 30.3 Å². The van der Waals surface area contributed by atoms with Crippen LogP contribution in [-0.2, 0) is 11.3 Å². The maximum absolute atomic E-state index is 12.5. The first-order chi connectivity index (χ1) is 9.42. The van der Waals surface area contributed by atoms with Crippen LogP contribution in [0.4, 0.5) is 13.2 Å². The quantitative estimate of drug-likeness (QED) is 0.551. The van der Waals surface area contributed by atoms with E-state index in [4.69, 9.17) is 11.6 Å². The molecule has 0 aliphatic rings. The molecule has 0 fully saturated rings. The average molecular weight is 308 g/mol. The van der Waals surface area contributed by atoms with Crippen molar-refractivity contribution in [2.45, 2.75) is 32.0 Å². The molecule has 0 atom stereocenters. The molecule has 0 aliphatic heterocycles. The molecule has 0 saturated heterocycles. The van der Waals surface area contributed by atoms with Gasteiger partial charge >= 0.3 is 6.18 Å². The molecule has 0 aromatic heterocycles. The van der Waals surface area contributed by atoms with Crippen molar-refractivity contribution in [1.82, 2.24) is 4.90 Å². The molecule has 1 aromatic carbocycles. The maximum Gasteiger partial charge on any atom is 0.406 e. The summed E-state index contributed by atoms with van der Waals surface area (Å²) in [5, 5.41) is 0. The predicted molar refractivity (Wildman–Crippen MR) is 72.5 cm³/mol. The fourth-order valence-corrected chi connectivity index (χ4v) is 1.97. The Morgan fingerprint density at radius 3 is 2.35 bits per heavy atom. The summed E-state index contributed by atoms with van der Waals surface area (Å²) >= 11 is 5.50. The molecule has 0 spiro atoms. The lowest BCUT2D eigenvalue weighted by atomic mass is 10.2. The van der Waals surface area contributed by atoms with Crippen molar-refractivity contribution in [3.8, 4) is 0 Å². The Labute approximate surface area is 121 Å². The Morgan fingerprint density at radius 2 is 1.80 bits per heavy atom. The van der Waals surface area contributed by atoms with Crippen molar-refractivity contribution in [3.05, 3.63) is 35.9 Å². The van der Waals surface area contributed by atoms with Crippen LogP contribution in [0.25, 0.3) is 0 Å². The van der Waals surface area contributed by atoms with Gasteiger partial charge in [-0.15, -0.1) is 11.6 Å². The minimum atomic E-state index is -4.39. The average Bonchev–Trinajstić information content (AvgIpc) is 2.38. The van der Waals surface area contributed by atoms with Crippen LogP contribution in [0.1, 0.15) is 24.8 Å². The number of alkyl halides is 4. The van der Waals surface area contributed by atoms with E-state index in [0.29, 0.717) is 24.3 Å². The fraction of sp³-hybridized carbons (Fsp3) is 0.500. The summed E-state index contributed by atoms with van der Waals surface area (Å²) in [4.78, 5) is 12.7. The van der Waals surface area contributed by atoms with Gasteiger partial charge in [0, 0.05) is 18.8 Å². The molecule has 1 rings (SSSR count). The molecule has 0 N–H and O–H groups in total. The van der Waals surface area contributed by atoms with Crippen molar-refractivity contribution >= 4 is 17.5 Å². The molecular formula is C14H17ClF3NO. The lowest BCUT2D eigenvalue weighted by Gasteiger charge is -2.24. The van der Waals surface area contributed by atoms with E-state index in [-0.39, 0.29) is 13.0 Å². The Hall–Kier alpha value is -1.23. The van der Waals surface area contributed by atoms with Gasteiger partial charge in [0.2, 0.25) is 5.91 Å². The Bertz CT molecular complexity index is 409. The molecule has 0 radical (unpaired) electrons. The molecule has 0 aliphatic carbocycles. The Balaban J connectivity index is 2.67. The van der Waals surface area contributed by atoms with Gasteiger partial charge in [-0.2, -0.15) is 13.2 Å². The van der Waals surface area contributed by atoms with Gasteiger partial charge in [-0.3, -0.25) is 4.79 Å². The number of carbonyl (C=O) groups excluding carboxylic acids is 1. The standard InChI is InChI=1S/C14H17ClF3NO/c15-9-5-4-8-13(20)19(11-14(16,17)18)10-12-6-2-1-3-7-12/h1-3,6-7H,4-5,8-11H2. The SMILES string of the molecule is O=C(CCCCCl)N(Cc1ccccc1)CC(F)(F)F. The summed E-state index contributed by atoms with van der Waals surface area (Å²) in [7, 11) is 0. The normalized spacial score (nSPS) is 11.4. The molecular weight excluding hydrogens is 291 g/mol. The molecule has 1 aromatic rings. The minimum absolute atomic E-state index is 0.0277. The van der Waals surface area contributed by atoms with Crippen LogP contribution in [0, 0.1) is 0 Å². The summed E-state index contributed by atoms with van der Waals surface area (Å²) < 4.78 is 37.6. The fourth-order valence-electron chi connectivity index (χ4n) is 1.78. The topological polar surface area (TPSA) is 20.3 Å². The van der Waals surface area contributed by atoms with Gasteiger partial charge in [0.15, 0.2) is 0 Å². The summed E-state index contributed by atoms with van der Waals surface area (Å²) in [5.41, 5.74) is 0.683. The van der Waals surface area contributed by atoms with E-state index in [1.54, 1.807) is 30.3 Å². The van der Waals surface area contributed by atoms with Crippen molar-refractivity contribution in [2.24, 2.45) is 0 Å². The van der Waals surface area contributed by atoms with E-state index in [1.165, 1.54) is 0 Å². The highest BCUT2D eigenvalue weighted by Crippen LogP contribution is 2.19. The van der Waals surface area contributed by atoms with E-state index in [2.05, 4.69) is 0 Å². The zero-order chi connectivity index (χ0) is 15.0. The van der Waals surface area contributed by atoms with Gasteiger partial charge in [-0.25, -0.2) is 0 Å². The first-order valence-corrected chi connectivity index (χ1v) is 6.90. The summed E-state index contributed by atoms with van der Waals surface area (Å²) in [6.45, 7) is -1.25. The van der Waals surface area contributed by atoms with Crippen LogP contribution in [0.3, 0.4) is 0 Å². The van der Waals surface area contributed by atoms with E-state index < -0.39 is 18.6 Å². The number of rotatable bonds is 7. The van der Waals surface area contributed by atoms with Crippen LogP contribution < -0.4 is 0 Å². The van der Waals surface area contributed by atoms with Gasteiger partial charge in [0.25, 0.3) is 0 Å². The van der Waals surface area contributed by atoms with Crippen LogP contribution >= 0.6 is 11.6 Å². The molecule has 1 amide bonds. The smallest absolute Gasteiger partial charge is 0.329 e. The molecule has 0 saturated carbocycles. The molecule has 20 heavy (non-hydrogen) atoms. The van der Waals surface area contributed by atoms with Crippen molar-refractivity contribution < 1.29 is 18.0 Å². The number of hydrogen-bond donors (Lipinski definition) is 0. The highest BCUT2D eigenvalue weighted by atomic mass is 35.5. The number of hydrogen-bond acceptors (Lipinski definition) is 1. The minimum Gasteiger partial charge on any atom is -0.329 e. The third-order valence-corrected chi connectivity index (χ3v) is 2.98. The maximum atomic E-state index is 12.5. The summed E-state index contributed by atoms with van der Waals surface area (Å²) in [5.74, 6) is -0.0816. The lowest BCUT2D eigenvalue weighted by molar-refractivity contribution is -0.162. The second-order valence-electron chi connectivity index (χ2n) is 4.50. The lowest BCUT2D eigenvalue weighted by Crippen LogP contribution is -2.38. The van der Waals surface area contributed by atoms with Gasteiger partial charge in [0.05, 0.1) is 0 Å². The summed E-state index contributed by atoms with van der Waals surface area (Å²) in [6, 6.07) is 8.66. The van der Waals surface area contributed by atoms with Gasteiger partial charge < -0.3 is 4.90 Å². The predicted octanol–water partition coefficient (Wildman–Crippen LogP) is 3.99. The largest absolute Gasteiger partial charge is 0.406 e. The first kappa shape index (κ1) is 16.8. The van der Waals surface area contributed by atoms with Crippen LogP contribution in [0.2, 0.25) is 0 Å². The number of amides is 1. The molecule has 0 heterocycles. The van der Waals surface area contributed by atoms with Gasteiger partial charge in [0.1, 0.15) is 6.54 Å². The molecule has 2 nitrogen and oxygen atoms in total. The molecule has 6 heteroatoms.